The normalized spacial score (nSPS) is 15.5. The van der Waals surface area contributed by atoms with Crippen LogP contribution in [0.2, 0.25) is 0 Å². The molecular formula is C15H13N3O4. The van der Waals surface area contributed by atoms with Crippen LogP contribution in [0, 0.1) is 0 Å². The van der Waals surface area contributed by atoms with Gasteiger partial charge in [0.2, 0.25) is 0 Å². The molecule has 3 rings (SSSR count). The number of nitrogens with zero attached hydrogens (tertiary/aromatic N) is 2. The predicted molar refractivity (Wildman–Crippen MR) is 78.5 cm³/mol. The number of aromatic nitrogens is 2. The average Bonchev–Trinajstić information content (AvgIpc) is 2.53. The molecule has 0 radical (unpaired) electrons. The van der Waals surface area contributed by atoms with E-state index in [-0.39, 0.29) is 12.2 Å². The minimum atomic E-state index is -0.806. The maximum absolute atomic E-state index is 12.0. The largest absolute Gasteiger partial charge is 0.503 e. The van der Waals surface area contributed by atoms with Crippen LogP contribution in [0.1, 0.15) is 10.5 Å². The molecule has 0 atom stereocenters. The second kappa shape index (κ2) is 5.72. The van der Waals surface area contributed by atoms with Gasteiger partial charge in [0, 0.05) is 12.6 Å². The Balaban J connectivity index is 2.18. The number of fused-ring (bicyclic) bond motifs is 5. The van der Waals surface area contributed by atoms with Crippen molar-refractivity contribution in [1.29, 1.82) is 0 Å². The van der Waals surface area contributed by atoms with Crippen LogP contribution in [-0.2, 0) is 0 Å². The lowest BCUT2D eigenvalue weighted by Gasteiger charge is -2.09. The molecule has 0 unspecified atom stereocenters. The van der Waals surface area contributed by atoms with Gasteiger partial charge >= 0.3 is 0 Å². The molecule has 2 N–H and O–H groups in total. The Labute approximate surface area is 125 Å². The first kappa shape index (κ1) is 13.9. The van der Waals surface area contributed by atoms with Crippen LogP contribution in [0.25, 0.3) is 5.69 Å². The van der Waals surface area contributed by atoms with Crippen LogP contribution in [0.3, 0.4) is 0 Å². The molecule has 7 nitrogen and oxygen atoms in total. The Morgan fingerprint density at radius 2 is 2.14 bits per heavy atom. The third-order valence-electron chi connectivity index (χ3n) is 3.09. The van der Waals surface area contributed by atoms with Crippen molar-refractivity contribution < 1.29 is 14.6 Å². The summed E-state index contributed by atoms with van der Waals surface area (Å²) in [5.41, 5.74) is -0.607. The van der Waals surface area contributed by atoms with Crippen molar-refractivity contribution in [3.8, 4) is 17.2 Å². The first-order chi connectivity index (χ1) is 10.6. The lowest BCUT2D eigenvalue weighted by atomic mass is 10.3. The van der Waals surface area contributed by atoms with E-state index in [2.05, 4.69) is 10.4 Å². The van der Waals surface area contributed by atoms with Gasteiger partial charge in [-0.1, -0.05) is 12.1 Å². The number of ether oxygens (including phenoxy) is 1. The van der Waals surface area contributed by atoms with Crippen molar-refractivity contribution in [2.24, 2.45) is 0 Å². The number of hydrogen-bond acceptors (Lipinski definition) is 5. The number of hydrogen-bond donors (Lipinski definition) is 2. The molecule has 0 fully saturated rings. The second-order valence-electron chi connectivity index (χ2n) is 4.63. The molecule has 0 spiro atoms. The molecule has 0 saturated heterocycles. The maximum atomic E-state index is 12.0. The van der Waals surface area contributed by atoms with Crippen LogP contribution in [0.4, 0.5) is 0 Å². The Bertz CT molecular complexity index is 811. The zero-order valence-corrected chi connectivity index (χ0v) is 11.5. The van der Waals surface area contributed by atoms with Gasteiger partial charge in [-0.2, -0.15) is 5.10 Å². The molecule has 2 heterocycles. The molecule has 1 amide bonds. The van der Waals surface area contributed by atoms with E-state index < -0.39 is 17.1 Å². The summed E-state index contributed by atoms with van der Waals surface area (Å²) in [7, 11) is 0. The molecule has 2 aromatic rings. The molecule has 1 aliphatic rings. The highest BCUT2D eigenvalue weighted by Gasteiger charge is 2.17. The van der Waals surface area contributed by atoms with Gasteiger partial charge in [-0.05, 0) is 18.2 Å². The third kappa shape index (κ3) is 2.69. The van der Waals surface area contributed by atoms with Crippen LogP contribution in [0.15, 0.2) is 47.4 Å². The zero-order valence-electron chi connectivity index (χ0n) is 11.5. The van der Waals surface area contributed by atoms with Gasteiger partial charge in [0.25, 0.3) is 11.3 Å². The SMILES string of the molecule is O=C1NC/C=C\COc2cccc(c2)-n2cc(O)c(=O)c1n2. The highest BCUT2D eigenvalue weighted by Crippen LogP contribution is 2.17. The number of aromatic hydroxyl groups is 1. The smallest absolute Gasteiger partial charge is 0.276 e. The lowest BCUT2D eigenvalue weighted by Crippen LogP contribution is -2.31. The fourth-order valence-electron chi connectivity index (χ4n) is 2.01. The Hall–Kier alpha value is -3.09. The average molecular weight is 299 g/mol. The molecule has 7 heteroatoms. The van der Waals surface area contributed by atoms with Crippen molar-refractivity contribution >= 4 is 5.91 Å². The first-order valence-electron chi connectivity index (χ1n) is 6.64. The Morgan fingerprint density at radius 3 is 3.00 bits per heavy atom. The fourth-order valence-corrected chi connectivity index (χ4v) is 2.01. The standard InChI is InChI=1S/C15H13N3O4/c19-12-9-18-10-4-3-5-11(8-10)22-7-2-1-6-16-15(21)13(17-18)14(12)20/h1-5,8-9,19H,6-7H2,(H,16,21)/b2-1-. The van der Waals surface area contributed by atoms with Crippen LogP contribution < -0.4 is 15.5 Å². The summed E-state index contributed by atoms with van der Waals surface area (Å²) in [4.78, 5) is 23.9. The molecule has 1 aromatic carbocycles. The summed E-state index contributed by atoms with van der Waals surface area (Å²) in [6.07, 6.45) is 4.63. The van der Waals surface area contributed by atoms with Crippen LogP contribution in [-0.4, -0.2) is 33.9 Å². The van der Waals surface area contributed by atoms with E-state index in [1.807, 2.05) is 0 Å². The molecule has 112 valence electrons. The Kier molecular flexibility index (Phi) is 3.61. The first-order valence-corrected chi connectivity index (χ1v) is 6.64. The monoisotopic (exact) mass is 299 g/mol. The highest BCUT2D eigenvalue weighted by molar-refractivity contribution is 5.92. The predicted octanol–water partition coefficient (Wildman–Crippen LogP) is 0.616. The molecule has 1 aromatic heterocycles. The summed E-state index contributed by atoms with van der Waals surface area (Å²) >= 11 is 0. The minimum absolute atomic E-state index is 0.233. The van der Waals surface area contributed by atoms with E-state index in [0.29, 0.717) is 18.0 Å². The van der Waals surface area contributed by atoms with Gasteiger partial charge in [-0.25, -0.2) is 4.68 Å². The summed E-state index contributed by atoms with van der Waals surface area (Å²) < 4.78 is 6.82. The number of nitrogens with one attached hydrogen (secondary N) is 1. The number of amides is 1. The van der Waals surface area contributed by atoms with Gasteiger partial charge in [0.05, 0.1) is 11.9 Å². The van der Waals surface area contributed by atoms with Crippen molar-refractivity contribution in [2.45, 2.75) is 0 Å². The quantitative estimate of drug-likeness (QED) is 0.695. The van der Waals surface area contributed by atoms with Crippen molar-refractivity contribution in [2.75, 3.05) is 13.2 Å². The molecule has 22 heavy (non-hydrogen) atoms. The summed E-state index contributed by atoms with van der Waals surface area (Å²) in [5, 5.41) is 16.3. The maximum Gasteiger partial charge on any atom is 0.276 e. The second-order valence-corrected chi connectivity index (χ2v) is 4.63. The van der Waals surface area contributed by atoms with E-state index in [1.54, 1.807) is 36.4 Å². The molecule has 0 saturated carbocycles. The summed E-state index contributed by atoms with van der Waals surface area (Å²) in [5.74, 6) is -0.574. The topological polar surface area (TPSA) is 93.5 Å². The van der Waals surface area contributed by atoms with Crippen LogP contribution in [0.5, 0.6) is 11.5 Å². The van der Waals surface area contributed by atoms with E-state index in [1.165, 1.54) is 4.68 Å². The van der Waals surface area contributed by atoms with Crippen molar-refractivity contribution in [3.63, 3.8) is 0 Å². The number of carbonyl (C=O) groups is 1. The van der Waals surface area contributed by atoms with Gasteiger partial charge in [-0.3, -0.25) is 9.59 Å². The van der Waals surface area contributed by atoms with E-state index in [0.717, 1.165) is 6.20 Å². The van der Waals surface area contributed by atoms with Gasteiger partial charge < -0.3 is 15.2 Å². The van der Waals surface area contributed by atoms with Crippen molar-refractivity contribution in [3.05, 3.63) is 58.5 Å². The van der Waals surface area contributed by atoms with Crippen LogP contribution >= 0.6 is 0 Å². The number of rotatable bonds is 0. The van der Waals surface area contributed by atoms with Gasteiger partial charge in [0.15, 0.2) is 11.4 Å². The lowest BCUT2D eigenvalue weighted by molar-refractivity contribution is 0.0949. The zero-order chi connectivity index (χ0) is 15.5. The minimum Gasteiger partial charge on any atom is -0.503 e. The van der Waals surface area contributed by atoms with E-state index >= 15 is 0 Å². The Morgan fingerprint density at radius 1 is 1.27 bits per heavy atom. The highest BCUT2D eigenvalue weighted by atomic mass is 16.5. The molecule has 4 bridgehead atoms. The van der Waals surface area contributed by atoms with E-state index in [9.17, 15) is 14.7 Å². The third-order valence-corrected chi connectivity index (χ3v) is 3.09. The summed E-state index contributed by atoms with van der Waals surface area (Å²) in [6.45, 7) is 0.587. The van der Waals surface area contributed by atoms with Gasteiger partial charge in [-0.15, -0.1) is 0 Å². The number of benzene rings is 1. The van der Waals surface area contributed by atoms with E-state index in [4.69, 9.17) is 4.74 Å². The molecule has 1 aliphatic heterocycles. The fraction of sp³-hybridized carbons (Fsp3) is 0.133. The molecule has 0 aliphatic carbocycles. The van der Waals surface area contributed by atoms with Crippen molar-refractivity contribution in [1.82, 2.24) is 15.1 Å². The van der Waals surface area contributed by atoms with Gasteiger partial charge in [0.1, 0.15) is 12.4 Å². The number of carbonyl (C=O) groups excluding carboxylic acids is 1. The molecular weight excluding hydrogens is 286 g/mol. The summed E-state index contributed by atoms with van der Waals surface area (Å²) in [6, 6.07) is 6.96.